The van der Waals surface area contributed by atoms with E-state index in [0.29, 0.717) is 11.3 Å². The second-order valence-electron chi connectivity index (χ2n) is 5.01. The van der Waals surface area contributed by atoms with Crippen LogP contribution in [-0.4, -0.2) is 29.8 Å². The van der Waals surface area contributed by atoms with Gasteiger partial charge in [0, 0.05) is 24.3 Å². The lowest BCUT2D eigenvalue weighted by molar-refractivity contribution is 0.0792. The van der Waals surface area contributed by atoms with E-state index in [1.807, 2.05) is 4.90 Å². The van der Waals surface area contributed by atoms with E-state index in [2.05, 4.69) is 5.32 Å². The first-order valence-electron chi connectivity index (χ1n) is 6.98. The molecule has 1 aromatic heterocycles. The smallest absolute Gasteiger partial charge is 0.291 e. The summed E-state index contributed by atoms with van der Waals surface area (Å²) in [5.41, 5.74) is 1.18. The van der Waals surface area contributed by atoms with Crippen molar-refractivity contribution in [2.24, 2.45) is 0 Å². The Labute approximate surface area is 122 Å². The zero-order valence-electron chi connectivity index (χ0n) is 11.5. The van der Waals surface area contributed by atoms with Gasteiger partial charge in [-0.3, -0.25) is 9.59 Å². The summed E-state index contributed by atoms with van der Waals surface area (Å²) in [6.07, 6.45) is 3.56. The number of rotatable bonds is 3. The molecule has 1 aliphatic heterocycles. The SMILES string of the molecule is O=C(Nc1cccc(C(=O)N2CCCC2)c1)c1ccco1. The van der Waals surface area contributed by atoms with E-state index in [4.69, 9.17) is 4.42 Å². The molecule has 1 saturated heterocycles. The zero-order chi connectivity index (χ0) is 14.7. The molecule has 0 radical (unpaired) electrons. The van der Waals surface area contributed by atoms with Crippen LogP contribution in [0.2, 0.25) is 0 Å². The van der Waals surface area contributed by atoms with Crippen LogP contribution in [-0.2, 0) is 0 Å². The van der Waals surface area contributed by atoms with E-state index in [1.54, 1.807) is 36.4 Å². The maximum atomic E-state index is 12.3. The molecule has 0 unspecified atom stereocenters. The largest absolute Gasteiger partial charge is 0.459 e. The van der Waals surface area contributed by atoms with Crippen LogP contribution in [0.4, 0.5) is 5.69 Å². The van der Waals surface area contributed by atoms with Crippen LogP contribution in [0.5, 0.6) is 0 Å². The Hall–Kier alpha value is -2.56. The minimum absolute atomic E-state index is 0.0154. The average molecular weight is 284 g/mol. The molecule has 21 heavy (non-hydrogen) atoms. The van der Waals surface area contributed by atoms with E-state index in [0.717, 1.165) is 25.9 Å². The van der Waals surface area contributed by atoms with Gasteiger partial charge in [-0.15, -0.1) is 0 Å². The molecule has 108 valence electrons. The Morgan fingerprint density at radius 1 is 1.10 bits per heavy atom. The molecule has 5 heteroatoms. The van der Waals surface area contributed by atoms with Crippen molar-refractivity contribution in [3.8, 4) is 0 Å². The highest BCUT2D eigenvalue weighted by Crippen LogP contribution is 2.17. The lowest BCUT2D eigenvalue weighted by Gasteiger charge is -2.15. The first-order chi connectivity index (χ1) is 10.2. The lowest BCUT2D eigenvalue weighted by atomic mass is 10.1. The number of hydrogen-bond acceptors (Lipinski definition) is 3. The third-order valence-corrected chi connectivity index (χ3v) is 3.51. The molecule has 1 N–H and O–H groups in total. The summed E-state index contributed by atoms with van der Waals surface area (Å²) in [5.74, 6) is -0.0707. The van der Waals surface area contributed by atoms with Crippen molar-refractivity contribution in [1.82, 2.24) is 4.90 Å². The van der Waals surface area contributed by atoms with E-state index in [9.17, 15) is 9.59 Å². The molecule has 2 amide bonds. The fourth-order valence-electron chi connectivity index (χ4n) is 2.43. The van der Waals surface area contributed by atoms with E-state index in [-0.39, 0.29) is 17.6 Å². The quantitative estimate of drug-likeness (QED) is 0.942. The predicted octanol–water partition coefficient (Wildman–Crippen LogP) is 2.77. The van der Waals surface area contributed by atoms with Crippen LogP contribution in [0.1, 0.15) is 33.8 Å². The number of furan rings is 1. The van der Waals surface area contributed by atoms with Crippen LogP contribution in [0, 0.1) is 0 Å². The number of likely N-dealkylation sites (tertiary alicyclic amines) is 1. The molecule has 1 aromatic carbocycles. The van der Waals surface area contributed by atoms with Crippen LogP contribution >= 0.6 is 0 Å². The number of carbonyl (C=O) groups excluding carboxylic acids is 2. The fourth-order valence-corrected chi connectivity index (χ4v) is 2.43. The van der Waals surface area contributed by atoms with E-state index >= 15 is 0 Å². The number of benzene rings is 1. The lowest BCUT2D eigenvalue weighted by Crippen LogP contribution is -2.27. The van der Waals surface area contributed by atoms with Gasteiger partial charge in [-0.05, 0) is 43.2 Å². The molecule has 2 heterocycles. The van der Waals surface area contributed by atoms with Crippen molar-refractivity contribution in [3.63, 3.8) is 0 Å². The van der Waals surface area contributed by atoms with Crippen molar-refractivity contribution in [3.05, 3.63) is 54.0 Å². The topological polar surface area (TPSA) is 62.6 Å². The Bertz CT molecular complexity index is 643. The Balaban J connectivity index is 1.74. The minimum atomic E-state index is -0.328. The average Bonchev–Trinajstić information content (AvgIpc) is 3.20. The molecule has 1 aliphatic rings. The maximum Gasteiger partial charge on any atom is 0.291 e. The monoisotopic (exact) mass is 284 g/mol. The summed E-state index contributed by atoms with van der Waals surface area (Å²) in [7, 11) is 0. The van der Waals surface area contributed by atoms with Gasteiger partial charge in [-0.1, -0.05) is 6.07 Å². The predicted molar refractivity (Wildman–Crippen MR) is 78.2 cm³/mol. The summed E-state index contributed by atoms with van der Waals surface area (Å²) in [6, 6.07) is 10.2. The maximum absolute atomic E-state index is 12.3. The highest BCUT2D eigenvalue weighted by atomic mass is 16.3. The summed E-state index contributed by atoms with van der Waals surface area (Å²) in [5, 5.41) is 2.73. The molecular formula is C16H16N2O3. The minimum Gasteiger partial charge on any atom is -0.459 e. The van der Waals surface area contributed by atoms with Gasteiger partial charge in [0.05, 0.1) is 6.26 Å². The standard InChI is InChI=1S/C16H16N2O3/c19-15(14-7-4-10-21-14)17-13-6-3-5-12(11-13)16(20)18-8-1-2-9-18/h3-7,10-11H,1-2,8-9H2,(H,17,19). The first kappa shape index (κ1) is 13.4. The molecule has 3 rings (SSSR count). The van der Waals surface area contributed by atoms with Crippen molar-refractivity contribution in [2.45, 2.75) is 12.8 Å². The number of nitrogens with zero attached hydrogens (tertiary/aromatic N) is 1. The molecule has 0 aliphatic carbocycles. The van der Waals surface area contributed by atoms with Gasteiger partial charge in [0.1, 0.15) is 0 Å². The normalized spacial score (nSPS) is 14.2. The Kier molecular flexibility index (Phi) is 3.73. The zero-order valence-corrected chi connectivity index (χ0v) is 11.5. The van der Waals surface area contributed by atoms with Gasteiger partial charge in [0.2, 0.25) is 0 Å². The highest BCUT2D eigenvalue weighted by molar-refractivity contribution is 6.03. The van der Waals surface area contributed by atoms with E-state index < -0.39 is 0 Å². The van der Waals surface area contributed by atoms with Gasteiger partial charge < -0.3 is 14.6 Å². The molecule has 0 bridgehead atoms. The third kappa shape index (κ3) is 2.97. The van der Waals surface area contributed by atoms with Crippen molar-refractivity contribution in [2.75, 3.05) is 18.4 Å². The molecule has 2 aromatic rings. The molecule has 1 fully saturated rings. The summed E-state index contributed by atoms with van der Waals surface area (Å²) in [4.78, 5) is 26.1. The summed E-state index contributed by atoms with van der Waals surface area (Å²) < 4.78 is 5.04. The number of amides is 2. The second kappa shape index (κ2) is 5.83. The molecular weight excluding hydrogens is 268 g/mol. The summed E-state index contributed by atoms with van der Waals surface area (Å²) >= 11 is 0. The van der Waals surface area contributed by atoms with Crippen LogP contribution in [0.15, 0.2) is 47.1 Å². The van der Waals surface area contributed by atoms with Crippen molar-refractivity contribution in [1.29, 1.82) is 0 Å². The molecule has 0 spiro atoms. The van der Waals surface area contributed by atoms with Crippen LogP contribution < -0.4 is 5.32 Å². The molecule has 0 atom stereocenters. The fraction of sp³-hybridized carbons (Fsp3) is 0.250. The van der Waals surface area contributed by atoms with Crippen molar-refractivity contribution < 1.29 is 14.0 Å². The van der Waals surface area contributed by atoms with Gasteiger partial charge in [0.25, 0.3) is 11.8 Å². The Morgan fingerprint density at radius 3 is 2.62 bits per heavy atom. The van der Waals surface area contributed by atoms with E-state index in [1.165, 1.54) is 6.26 Å². The number of carbonyl (C=O) groups is 2. The molecule has 0 saturated carbocycles. The number of nitrogens with one attached hydrogen (secondary N) is 1. The van der Waals surface area contributed by atoms with Gasteiger partial charge in [-0.2, -0.15) is 0 Å². The highest BCUT2D eigenvalue weighted by Gasteiger charge is 2.19. The first-order valence-corrected chi connectivity index (χ1v) is 6.98. The van der Waals surface area contributed by atoms with Crippen molar-refractivity contribution >= 4 is 17.5 Å². The van der Waals surface area contributed by atoms with Crippen LogP contribution in [0.3, 0.4) is 0 Å². The van der Waals surface area contributed by atoms with Crippen LogP contribution in [0.25, 0.3) is 0 Å². The summed E-state index contributed by atoms with van der Waals surface area (Å²) in [6.45, 7) is 1.61. The Morgan fingerprint density at radius 2 is 1.90 bits per heavy atom. The van der Waals surface area contributed by atoms with Gasteiger partial charge in [0.15, 0.2) is 5.76 Å². The molecule has 5 nitrogen and oxygen atoms in total. The number of hydrogen-bond donors (Lipinski definition) is 1. The third-order valence-electron chi connectivity index (χ3n) is 3.51. The van der Waals surface area contributed by atoms with Gasteiger partial charge in [-0.25, -0.2) is 0 Å². The van der Waals surface area contributed by atoms with Gasteiger partial charge >= 0.3 is 0 Å². The second-order valence-corrected chi connectivity index (χ2v) is 5.01. The number of anilines is 1.